The summed E-state index contributed by atoms with van der Waals surface area (Å²) in [5, 5.41) is 9.48. The standard InChI is InChI=1S/C9H12IO/c1-3-10(2)7-5-4-6-8(11)9(7)10/h4-6,11H,3H2,1-2H3/q-1. The number of alkyl halides is 2. The molecule has 1 aliphatic heterocycles. The van der Waals surface area contributed by atoms with Crippen molar-refractivity contribution < 1.29 is 23.5 Å². The van der Waals surface area contributed by atoms with Gasteiger partial charge in [-0.25, -0.2) is 0 Å². The zero-order valence-corrected chi connectivity index (χ0v) is 8.92. The van der Waals surface area contributed by atoms with Gasteiger partial charge in [0, 0.05) is 0 Å². The summed E-state index contributed by atoms with van der Waals surface area (Å²) < 4.78 is 4.10. The molecule has 2 rings (SSSR count). The van der Waals surface area contributed by atoms with Crippen LogP contribution in [0.15, 0.2) is 18.2 Å². The van der Waals surface area contributed by atoms with Crippen LogP contribution < -0.4 is 18.4 Å². The normalized spacial score (nSPS) is 32.2. The number of hydrogen-bond acceptors (Lipinski definition) is 1. The molecule has 1 aromatic rings. The number of fused-ring (bicyclic) bond motifs is 1. The van der Waals surface area contributed by atoms with Gasteiger partial charge in [0.05, 0.1) is 0 Å². The number of rotatable bonds is 1. The predicted octanol–water partition coefficient (Wildman–Crippen LogP) is -1.44. The molecule has 1 N–H and O–H groups in total. The van der Waals surface area contributed by atoms with Crippen molar-refractivity contribution in [2.75, 3.05) is 9.36 Å². The van der Waals surface area contributed by atoms with Gasteiger partial charge < -0.3 is 0 Å². The number of benzene rings is 1. The van der Waals surface area contributed by atoms with Gasteiger partial charge in [-0.3, -0.25) is 0 Å². The summed E-state index contributed by atoms with van der Waals surface area (Å²) in [6, 6.07) is 5.94. The van der Waals surface area contributed by atoms with E-state index >= 15 is 0 Å². The molecule has 0 radical (unpaired) electrons. The minimum absolute atomic E-state index is 0.545. The van der Waals surface area contributed by atoms with Crippen molar-refractivity contribution in [2.45, 2.75) is 6.92 Å². The van der Waals surface area contributed by atoms with E-state index in [0.29, 0.717) is 5.75 Å². The third kappa shape index (κ3) is 0.818. The SMILES string of the molecule is CC[I-]1(C)c2cccc(O)c21. The first-order valence-electron chi connectivity index (χ1n) is 3.70. The molecule has 0 amide bonds. The molecule has 2 heteroatoms. The topological polar surface area (TPSA) is 20.2 Å². The van der Waals surface area contributed by atoms with Gasteiger partial charge in [0.1, 0.15) is 0 Å². The molecular formula is C9H12IO-. The Bertz CT molecular complexity index is 308. The van der Waals surface area contributed by atoms with Crippen LogP contribution in [0.4, 0.5) is 0 Å². The van der Waals surface area contributed by atoms with Gasteiger partial charge in [0.2, 0.25) is 0 Å². The summed E-state index contributed by atoms with van der Waals surface area (Å²) in [6.45, 7) is 2.23. The second kappa shape index (κ2) is 2.12. The van der Waals surface area contributed by atoms with E-state index in [9.17, 15) is 5.11 Å². The summed E-state index contributed by atoms with van der Waals surface area (Å²) >= 11 is -1.63. The van der Waals surface area contributed by atoms with Crippen molar-refractivity contribution in [1.82, 2.24) is 0 Å². The molecule has 1 aliphatic rings. The molecule has 0 aromatic heterocycles. The van der Waals surface area contributed by atoms with E-state index in [1.165, 1.54) is 11.6 Å². The van der Waals surface area contributed by atoms with Crippen LogP contribution in [0.5, 0.6) is 5.75 Å². The Balaban J connectivity index is 2.52. The molecule has 0 saturated heterocycles. The van der Waals surface area contributed by atoms with Gasteiger partial charge in [0.15, 0.2) is 0 Å². The zero-order chi connectivity index (χ0) is 8.06. The summed E-state index contributed by atoms with van der Waals surface area (Å²) in [5.41, 5.74) is 0. The molecule has 1 heterocycles. The van der Waals surface area contributed by atoms with Crippen molar-refractivity contribution in [3.05, 3.63) is 25.3 Å². The summed E-state index contributed by atoms with van der Waals surface area (Å²) in [4.78, 5) is 2.36. The molecular weight excluding hydrogens is 251 g/mol. The van der Waals surface area contributed by atoms with Crippen LogP contribution in [-0.2, 0) is 0 Å². The number of phenolic OH excluding ortho intramolecular Hbond substituents is 1. The van der Waals surface area contributed by atoms with E-state index < -0.39 is 18.4 Å². The Morgan fingerprint density at radius 3 is 2.73 bits per heavy atom. The van der Waals surface area contributed by atoms with Crippen molar-refractivity contribution in [3.63, 3.8) is 0 Å². The molecule has 1 nitrogen and oxygen atoms in total. The van der Waals surface area contributed by atoms with E-state index in [4.69, 9.17) is 0 Å². The number of halogens is 1. The average Bonchev–Trinajstić information content (AvgIpc) is 2.61. The maximum atomic E-state index is 9.48. The number of phenols is 1. The van der Waals surface area contributed by atoms with Gasteiger partial charge >= 0.3 is 70.9 Å². The molecule has 62 valence electrons. The van der Waals surface area contributed by atoms with Gasteiger partial charge in [-0.1, -0.05) is 0 Å². The third-order valence-corrected chi connectivity index (χ3v) is 11.8. The number of aromatic hydroxyl groups is 1. The predicted molar refractivity (Wildman–Crippen MR) is 42.0 cm³/mol. The van der Waals surface area contributed by atoms with Gasteiger partial charge in [-0.2, -0.15) is 0 Å². The van der Waals surface area contributed by atoms with Crippen LogP contribution in [-0.4, -0.2) is 14.5 Å². The Kier molecular flexibility index (Phi) is 1.43. The Morgan fingerprint density at radius 2 is 2.18 bits per heavy atom. The van der Waals surface area contributed by atoms with E-state index in [1.54, 1.807) is 0 Å². The quantitative estimate of drug-likeness (QED) is 0.486. The van der Waals surface area contributed by atoms with Crippen molar-refractivity contribution in [3.8, 4) is 5.75 Å². The first kappa shape index (κ1) is 7.40. The van der Waals surface area contributed by atoms with Gasteiger partial charge in [0.25, 0.3) is 0 Å². The van der Waals surface area contributed by atoms with Crippen LogP contribution in [0.2, 0.25) is 0 Å². The fraction of sp³-hybridized carbons (Fsp3) is 0.333. The third-order valence-electron chi connectivity index (χ3n) is 2.30. The summed E-state index contributed by atoms with van der Waals surface area (Å²) in [5.74, 6) is 0.545. The fourth-order valence-electron chi connectivity index (χ4n) is 1.44. The molecule has 0 saturated carbocycles. The van der Waals surface area contributed by atoms with Crippen LogP contribution in [0.1, 0.15) is 6.92 Å². The molecule has 1 aromatic carbocycles. The Hall–Kier alpha value is -0.250. The first-order valence-corrected chi connectivity index (χ1v) is 9.54. The second-order valence-corrected chi connectivity index (χ2v) is 12.4. The van der Waals surface area contributed by atoms with Crippen molar-refractivity contribution >= 4 is 0 Å². The van der Waals surface area contributed by atoms with Crippen LogP contribution in [0, 0.1) is 7.14 Å². The monoisotopic (exact) mass is 263 g/mol. The average molecular weight is 263 g/mol. The molecule has 0 bridgehead atoms. The van der Waals surface area contributed by atoms with Crippen LogP contribution >= 0.6 is 0 Å². The molecule has 11 heavy (non-hydrogen) atoms. The summed E-state index contributed by atoms with van der Waals surface area (Å²) in [7, 11) is 0. The van der Waals surface area contributed by atoms with E-state index in [2.05, 4.69) is 17.9 Å². The molecule has 1 atom stereocenters. The maximum absolute atomic E-state index is 9.48. The van der Waals surface area contributed by atoms with Crippen molar-refractivity contribution in [1.29, 1.82) is 0 Å². The number of hydrogen-bond donors (Lipinski definition) is 1. The fourth-order valence-corrected chi connectivity index (χ4v) is 10.00. The van der Waals surface area contributed by atoms with E-state index in [1.807, 2.05) is 12.1 Å². The minimum atomic E-state index is -1.63. The van der Waals surface area contributed by atoms with Crippen LogP contribution in [0.25, 0.3) is 0 Å². The molecule has 0 spiro atoms. The Morgan fingerprint density at radius 1 is 1.45 bits per heavy atom. The second-order valence-electron chi connectivity index (χ2n) is 2.85. The first-order chi connectivity index (χ1) is 5.20. The zero-order valence-electron chi connectivity index (χ0n) is 6.76. The van der Waals surface area contributed by atoms with Gasteiger partial charge in [-0.15, -0.1) is 0 Å². The molecule has 0 fully saturated rings. The molecule has 0 aliphatic carbocycles. The van der Waals surface area contributed by atoms with E-state index in [0.717, 1.165) is 0 Å². The van der Waals surface area contributed by atoms with Crippen molar-refractivity contribution in [2.24, 2.45) is 0 Å². The van der Waals surface area contributed by atoms with Gasteiger partial charge in [-0.05, 0) is 0 Å². The molecule has 1 unspecified atom stereocenters. The van der Waals surface area contributed by atoms with E-state index in [-0.39, 0.29) is 0 Å². The Labute approximate surface area is 70.9 Å². The van der Waals surface area contributed by atoms with Crippen LogP contribution in [0.3, 0.4) is 0 Å². The summed E-state index contributed by atoms with van der Waals surface area (Å²) in [6.07, 6.45) is 0.